The first-order chi connectivity index (χ1) is 11.9. The summed E-state index contributed by atoms with van der Waals surface area (Å²) >= 11 is 0. The van der Waals surface area contributed by atoms with Gasteiger partial charge >= 0.3 is 0 Å². The molecule has 0 saturated carbocycles. The van der Waals surface area contributed by atoms with Crippen LogP contribution in [0.2, 0.25) is 0 Å². The zero-order chi connectivity index (χ0) is 17.3. The van der Waals surface area contributed by atoms with Gasteiger partial charge in [0, 0.05) is 0 Å². The molecule has 1 rings (SSSR count). The van der Waals surface area contributed by atoms with Crippen molar-refractivity contribution in [3.05, 3.63) is 48.9 Å². The third-order valence-electron chi connectivity index (χ3n) is 4.79. The van der Waals surface area contributed by atoms with Crippen LogP contribution in [-0.4, -0.2) is 0 Å². The summed E-state index contributed by atoms with van der Waals surface area (Å²) in [6.07, 6.45) is 21.1. The van der Waals surface area contributed by atoms with Gasteiger partial charge in [-0.1, -0.05) is 114 Å². The zero-order valence-electron chi connectivity index (χ0n) is 16.1. The third kappa shape index (κ3) is 10.7. The first kappa shape index (κ1) is 21.0. The number of allylic oxidation sites excluding steroid dienone is 2. The lowest BCUT2D eigenvalue weighted by Crippen LogP contribution is -1.87. The van der Waals surface area contributed by atoms with E-state index >= 15 is 0 Å². The van der Waals surface area contributed by atoms with Crippen molar-refractivity contribution in [1.29, 1.82) is 0 Å². The molecule has 0 fully saturated rings. The molecule has 0 spiro atoms. The van der Waals surface area contributed by atoms with E-state index in [-0.39, 0.29) is 0 Å². The lowest BCUT2D eigenvalue weighted by molar-refractivity contribution is 0.610. The predicted molar refractivity (Wildman–Crippen MR) is 110 cm³/mol. The molecule has 1 aromatic carbocycles. The molecule has 0 heteroatoms. The molecule has 0 bridgehead atoms. The predicted octanol–water partition coefficient (Wildman–Crippen LogP) is 8.39. The number of rotatable bonds is 15. The molecule has 0 aliphatic heterocycles. The average molecular weight is 328 g/mol. The average Bonchev–Trinajstić information content (AvgIpc) is 2.62. The van der Waals surface area contributed by atoms with Gasteiger partial charge in [-0.25, -0.2) is 0 Å². The molecule has 0 nitrogen and oxygen atoms in total. The van der Waals surface area contributed by atoms with Crippen LogP contribution in [0, 0.1) is 6.92 Å². The van der Waals surface area contributed by atoms with Crippen LogP contribution in [-0.2, 0) is 0 Å². The van der Waals surface area contributed by atoms with Crippen LogP contribution in [0.3, 0.4) is 0 Å². The molecule has 1 radical (unpaired) electrons. The van der Waals surface area contributed by atoms with Gasteiger partial charge in [0.05, 0.1) is 0 Å². The quantitative estimate of drug-likeness (QED) is 0.284. The standard InChI is InChI=1S/C24H39/c1-3-5-7-9-11-13-16-20-23(24-21-17-14-18-22-24)19-15-12-10-8-6-4-2/h14,17-18,20-22H,2-13,15-16,19H2,1H3/b23-20-. The van der Waals surface area contributed by atoms with E-state index in [4.69, 9.17) is 0 Å². The Hall–Kier alpha value is -1.04. The maximum Gasteiger partial charge on any atom is -0.0228 e. The van der Waals surface area contributed by atoms with Gasteiger partial charge in [-0.3, -0.25) is 0 Å². The molecule has 0 aliphatic rings. The van der Waals surface area contributed by atoms with Crippen LogP contribution in [0.5, 0.6) is 0 Å². The van der Waals surface area contributed by atoms with Gasteiger partial charge in [0.15, 0.2) is 0 Å². The summed E-state index contributed by atoms with van der Waals surface area (Å²) in [4.78, 5) is 0. The molecular formula is C24H39. The van der Waals surface area contributed by atoms with Gasteiger partial charge < -0.3 is 0 Å². The third-order valence-corrected chi connectivity index (χ3v) is 4.79. The van der Waals surface area contributed by atoms with Crippen LogP contribution in [0.25, 0.3) is 5.57 Å². The SMILES string of the molecule is [CH2]CCCCCCC/C(=C/CCCCCCCC)c1ccccc1. The van der Waals surface area contributed by atoms with Crippen molar-refractivity contribution in [2.24, 2.45) is 0 Å². The normalized spacial score (nSPS) is 11.8. The molecule has 0 aromatic heterocycles. The summed E-state index contributed by atoms with van der Waals surface area (Å²) < 4.78 is 0. The molecule has 1 aromatic rings. The second-order valence-electron chi connectivity index (χ2n) is 7.02. The van der Waals surface area contributed by atoms with Gasteiger partial charge in [-0.05, 0) is 36.8 Å². The maximum absolute atomic E-state index is 3.93. The zero-order valence-corrected chi connectivity index (χ0v) is 16.1. The fourth-order valence-electron chi connectivity index (χ4n) is 3.24. The topological polar surface area (TPSA) is 0 Å². The summed E-state index contributed by atoms with van der Waals surface area (Å²) in [5, 5.41) is 0. The lowest BCUT2D eigenvalue weighted by atomic mass is 9.97. The highest BCUT2D eigenvalue weighted by molar-refractivity contribution is 5.65. The van der Waals surface area contributed by atoms with Gasteiger partial charge in [0.1, 0.15) is 0 Å². The molecule has 0 saturated heterocycles. The fourth-order valence-corrected chi connectivity index (χ4v) is 3.24. The minimum absolute atomic E-state index is 1.09. The monoisotopic (exact) mass is 327 g/mol. The van der Waals surface area contributed by atoms with E-state index in [2.05, 4.69) is 50.3 Å². The summed E-state index contributed by atoms with van der Waals surface area (Å²) in [5.41, 5.74) is 3.00. The van der Waals surface area contributed by atoms with Crippen molar-refractivity contribution in [3.8, 4) is 0 Å². The maximum atomic E-state index is 3.93. The Balaban J connectivity index is 2.34. The highest BCUT2D eigenvalue weighted by atomic mass is 14.1. The molecule has 0 N–H and O–H groups in total. The minimum Gasteiger partial charge on any atom is -0.0807 e. The van der Waals surface area contributed by atoms with Crippen molar-refractivity contribution in [2.75, 3.05) is 0 Å². The van der Waals surface area contributed by atoms with E-state index in [1.54, 1.807) is 5.57 Å². The Kier molecular flexibility index (Phi) is 13.6. The first-order valence-corrected chi connectivity index (χ1v) is 10.4. The molecule has 135 valence electrons. The Morgan fingerprint density at radius 2 is 1.42 bits per heavy atom. The van der Waals surface area contributed by atoms with Crippen molar-refractivity contribution in [1.82, 2.24) is 0 Å². The molecule has 0 heterocycles. The van der Waals surface area contributed by atoms with E-state index in [0.717, 1.165) is 6.42 Å². The van der Waals surface area contributed by atoms with E-state index in [9.17, 15) is 0 Å². The molecule has 0 aliphatic carbocycles. The van der Waals surface area contributed by atoms with Crippen LogP contribution < -0.4 is 0 Å². The Labute approximate surface area is 151 Å². The molecule has 0 amide bonds. The van der Waals surface area contributed by atoms with E-state index in [0.29, 0.717) is 0 Å². The largest absolute Gasteiger partial charge is 0.0807 e. The Morgan fingerprint density at radius 1 is 0.792 bits per heavy atom. The first-order valence-electron chi connectivity index (χ1n) is 10.4. The van der Waals surface area contributed by atoms with Gasteiger partial charge in [-0.2, -0.15) is 0 Å². The van der Waals surface area contributed by atoms with Crippen LogP contribution in [0.4, 0.5) is 0 Å². The summed E-state index contributed by atoms with van der Waals surface area (Å²) in [7, 11) is 0. The fraction of sp³-hybridized carbons (Fsp3) is 0.625. The number of unbranched alkanes of at least 4 members (excludes halogenated alkanes) is 11. The second-order valence-corrected chi connectivity index (χ2v) is 7.02. The summed E-state index contributed by atoms with van der Waals surface area (Å²) in [6.45, 7) is 6.21. The Morgan fingerprint density at radius 3 is 2.12 bits per heavy atom. The van der Waals surface area contributed by atoms with Gasteiger partial charge in [0.2, 0.25) is 0 Å². The molecule has 24 heavy (non-hydrogen) atoms. The Bertz CT molecular complexity index is 401. The molecular weight excluding hydrogens is 288 g/mol. The van der Waals surface area contributed by atoms with E-state index < -0.39 is 0 Å². The summed E-state index contributed by atoms with van der Waals surface area (Å²) in [6, 6.07) is 11.0. The molecule has 0 unspecified atom stereocenters. The highest BCUT2D eigenvalue weighted by Gasteiger charge is 2.01. The van der Waals surface area contributed by atoms with Crippen molar-refractivity contribution < 1.29 is 0 Å². The number of benzene rings is 1. The second kappa shape index (κ2) is 15.5. The summed E-state index contributed by atoms with van der Waals surface area (Å²) in [5.74, 6) is 0. The van der Waals surface area contributed by atoms with E-state index in [1.807, 2.05) is 0 Å². The number of hydrogen-bond acceptors (Lipinski definition) is 0. The van der Waals surface area contributed by atoms with E-state index in [1.165, 1.54) is 89.0 Å². The van der Waals surface area contributed by atoms with Gasteiger partial charge in [-0.15, -0.1) is 0 Å². The highest BCUT2D eigenvalue weighted by Crippen LogP contribution is 2.23. The smallest absolute Gasteiger partial charge is 0.0228 e. The van der Waals surface area contributed by atoms with Crippen LogP contribution >= 0.6 is 0 Å². The lowest BCUT2D eigenvalue weighted by Gasteiger charge is -2.09. The number of hydrogen-bond donors (Lipinski definition) is 0. The van der Waals surface area contributed by atoms with Crippen LogP contribution in [0.15, 0.2) is 36.4 Å². The van der Waals surface area contributed by atoms with Crippen molar-refractivity contribution >= 4 is 5.57 Å². The minimum atomic E-state index is 1.09. The van der Waals surface area contributed by atoms with Crippen molar-refractivity contribution in [2.45, 2.75) is 96.8 Å². The van der Waals surface area contributed by atoms with Crippen molar-refractivity contribution in [3.63, 3.8) is 0 Å². The molecule has 0 atom stereocenters. The van der Waals surface area contributed by atoms with Crippen LogP contribution in [0.1, 0.15) is 102 Å². The van der Waals surface area contributed by atoms with Gasteiger partial charge in [0.25, 0.3) is 0 Å².